The number of benzene rings is 3. The molecule has 5 amide bonds. The van der Waals surface area contributed by atoms with E-state index in [1.165, 1.54) is 23.4 Å². The zero-order chi connectivity index (χ0) is 42.7. The smallest absolute Gasteiger partial charge is 0.262 e. The molecule has 2 N–H and O–H groups in total. The summed E-state index contributed by atoms with van der Waals surface area (Å²) in [5, 5.41) is 3.06. The van der Waals surface area contributed by atoms with E-state index in [1.807, 2.05) is 17.0 Å². The number of aryl methyl sites for hydroxylation is 1. The van der Waals surface area contributed by atoms with Gasteiger partial charge in [-0.15, -0.1) is 0 Å². The lowest BCUT2D eigenvalue weighted by molar-refractivity contribution is -0.136. The third kappa shape index (κ3) is 6.94. The highest BCUT2D eigenvalue weighted by molar-refractivity contribution is 6.24. The topological polar surface area (TPSA) is 157 Å². The number of aromatic amines is 1. The van der Waals surface area contributed by atoms with E-state index < -0.39 is 35.1 Å². The molecular weight excluding hydrogens is 775 g/mol. The van der Waals surface area contributed by atoms with Crippen LogP contribution in [0.15, 0.2) is 48.5 Å². The first-order valence-electron chi connectivity index (χ1n) is 21.4. The van der Waals surface area contributed by atoms with Crippen molar-refractivity contribution in [3.63, 3.8) is 0 Å². The van der Waals surface area contributed by atoms with Crippen molar-refractivity contribution in [2.75, 3.05) is 50.8 Å². The molecule has 4 aliphatic heterocycles. The van der Waals surface area contributed by atoms with Gasteiger partial charge in [-0.3, -0.25) is 43.9 Å². The number of amides is 5. The predicted molar refractivity (Wildman–Crippen MR) is 227 cm³/mol. The Morgan fingerprint density at radius 1 is 0.885 bits per heavy atom. The van der Waals surface area contributed by atoms with Crippen LogP contribution in [0.25, 0.3) is 15.7 Å². The number of H-pyrrole nitrogens is 1. The molecule has 3 fully saturated rings. The van der Waals surface area contributed by atoms with Crippen LogP contribution in [0.1, 0.15) is 113 Å². The molecule has 9 rings (SSSR count). The quantitative estimate of drug-likeness (QED) is 0.126. The second-order valence-electron chi connectivity index (χ2n) is 17.3. The minimum atomic E-state index is -1.03. The lowest BCUT2D eigenvalue weighted by Crippen LogP contribution is -2.54. The fraction of sp³-hybridized carbons (Fsp3) is 0.426. The minimum absolute atomic E-state index is 0.0354. The number of imide groups is 2. The SMILES string of the molecule is [C-]#[N+]c1ccc2c3c([nH]c2c1)C(C)(C)c1cc(N2CCC(N4CCN(C(=O)CCCOc5ccc6c(c5)C(=O)N(C5CCC(=O)NC5=O)C6=O)CC4)CC2)c(CC)cc1C3=O. The van der Waals surface area contributed by atoms with Crippen LogP contribution in [-0.4, -0.2) is 113 Å². The Hall–Kier alpha value is -6.33. The second-order valence-corrected chi connectivity index (χ2v) is 17.3. The number of ether oxygens (including phenoxy) is 1. The van der Waals surface area contributed by atoms with Gasteiger partial charge in [-0.25, -0.2) is 4.85 Å². The average molecular weight is 824 g/mol. The van der Waals surface area contributed by atoms with E-state index in [1.54, 1.807) is 12.1 Å². The Bertz CT molecular complexity index is 2570. The highest BCUT2D eigenvalue weighted by Gasteiger charge is 2.45. The molecule has 4 aromatic rings. The first-order valence-corrected chi connectivity index (χ1v) is 21.4. The molecule has 0 radical (unpaired) electrons. The number of ketones is 1. The Labute approximate surface area is 354 Å². The van der Waals surface area contributed by atoms with E-state index in [2.05, 4.69) is 57.8 Å². The number of nitrogens with one attached hydrogen (secondary N) is 2. The van der Waals surface area contributed by atoms with Crippen molar-refractivity contribution in [1.29, 1.82) is 0 Å². The lowest BCUT2D eigenvalue weighted by atomic mass is 9.70. The van der Waals surface area contributed by atoms with Crippen LogP contribution in [0, 0.1) is 6.57 Å². The molecule has 61 heavy (non-hydrogen) atoms. The summed E-state index contributed by atoms with van der Waals surface area (Å²) in [6.45, 7) is 19.0. The van der Waals surface area contributed by atoms with Crippen molar-refractivity contribution in [2.45, 2.75) is 83.2 Å². The van der Waals surface area contributed by atoms with E-state index >= 15 is 0 Å². The van der Waals surface area contributed by atoms with Crippen LogP contribution in [0.4, 0.5) is 11.4 Å². The molecule has 1 aliphatic carbocycles. The van der Waals surface area contributed by atoms with Gasteiger partial charge >= 0.3 is 0 Å². The standard InChI is InChI=1S/C47H49N7O7/c1-5-27-23-34-35(47(2,3)43-41(42(34)57)32-10-8-28(48-4)24-36(32)49-43)26-38(27)52-16-14-29(15-17-52)51-18-20-53(21-19-51)40(56)7-6-22-61-30-9-11-31-33(25-30)46(60)54(45(31)59)37-12-13-39(55)50-44(37)58/h8-11,23-26,29,37,49H,5-7,12-22H2,1-3H3,(H,50,55,58). The molecule has 314 valence electrons. The van der Waals surface area contributed by atoms with Gasteiger partial charge in [-0.2, -0.15) is 0 Å². The third-order valence-corrected chi connectivity index (χ3v) is 13.5. The van der Waals surface area contributed by atoms with Gasteiger partial charge < -0.3 is 19.5 Å². The summed E-state index contributed by atoms with van der Waals surface area (Å²) in [6.07, 6.45) is 3.81. The second kappa shape index (κ2) is 15.6. The number of fused-ring (bicyclic) bond motifs is 5. The first kappa shape index (κ1) is 40.1. The normalized spacial score (nSPS) is 20.4. The van der Waals surface area contributed by atoms with Crippen molar-refractivity contribution in [3.8, 4) is 5.75 Å². The number of hydrogen-bond acceptors (Lipinski definition) is 9. The van der Waals surface area contributed by atoms with Crippen molar-refractivity contribution in [2.24, 2.45) is 0 Å². The molecule has 5 heterocycles. The lowest BCUT2D eigenvalue weighted by Gasteiger charge is -2.44. The average Bonchev–Trinajstić information content (AvgIpc) is 3.78. The molecule has 1 atom stereocenters. The van der Waals surface area contributed by atoms with Crippen LogP contribution in [0.5, 0.6) is 5.75 Å². The summed E-state index contributed by atoms with van der Waals surface area (Å²) in [4.78, 5) is 92.4. The summed E-state index contributed by atoms with van der Waals surface area (Å²) in [6, 6.07) is 13.9. The summed E-state index contributed by atoms with van der Waals surface area (Å²) >= 11 is 0. The minimum Gasteiger partial charge on any atom is -0.494 e. The van der Waals surface area contributed by atoms with E-state index in [0.29, 0.717) is 49.0 Å². The molecule has 14 nitrogen and oxygen atoms in total. The summed E-state index contributed by atoms with van der Waals surface area (Å²) in [5.74, 6) is -1.72. The van der Waals surface area contributed by atoms with Crippen LogP contribution in [-0.2, 0) is 26.2 Å². The van der Waals surface area contributed by atoms with E-state index in [0.717, 1.165) is 78.1 Å². The maximum Gasteiger partial charge on any atom is 0.262 e. The maximum atomic E-state index is 14.1. The van der Waals surface area contributed by atoms with Crippen LogP contribution in [0.2, 0.25) is 0 Å². The monoisotopic (exact) mass is 823 g/mol. The fourth-order valence-electron chi connectivity index (χ4n) is 10.1. The predicted octanol–water partition coefficient (Wildman–Crippen LogP) is 5.52. The van der Waals surface area contributed by atoms with Crippen molar-refractivity contribution < 1.29 is 33.5 Å². The zero-order valence-electron chi connectivity index (χ0n) is 34.8. The summed E-state index contributed by atoms with van der Waals surface area (Å²) < 4.78 is 5.88. The number of piperidine rings is 2. The number of hydrogen-bond donors (Lipinski definition) is 2. The summed E-state index contributed by atoms with van der Waals surface area (Å²) in [7, 11) is 0. The van der Waals surface area contributed by atoms with Crippen LogP contribution >= 0.6 is 0 Å². The molecule has 5 aliphatic rings. The Balaban J connectivity index is 0.758. The molecule has 3 saturated heterocycles. The van der Waals surface area contributed by atoms with E-state index in [9.17, 15) is 28.8 Å². The van der Waals surface area contributed by atoms with Gasteiger partial charge in [0.25, 0.3) is 11.8 Å². The van der Waals surface area contributed by atoms with Gasteiger partial charge in [0.1, 0.15) is 11.8 Å². The van der Waals surface area contributed by atoms with E-state index in [4.69, 9.17) is 11.3 Å². The number of aromatic nitrogens is 1. The van der Waals surface area contributed by atoms with Crippen molar-refractivity contribution >= 4 is 57.6 Å². The number of rotatable bonds is 9. The largest absolute Gasteiger partial charge is 0.494 e. The third-order valence-electron chi connectivity index (χ3n) is 13.5. The van der Waals surface area contributed by atoms with Gasteiger partial charge in [0, 0.05) is 91.4 Å². The Morgan fingerprint density at radius 3 is 2.36 bits per heavy atom. The van der Waals surface area contributed by atoms with Gasteiger partial charge in [-0.1, -0.05) is 32.9 Å². The first-order chi connectivity index (χ1) is 29.4. The number of carbonyl (C=O) groups excluding carboxylic acids is 6. The number of carbonyl (C=O) groups is 6. The Kier molecular flexibility index (Phi) is 10.3. The molecule has 0 bridgehead atoms. The maximum absolute atomic E-state index is 14.1. The number of piperazine rings is 1. The van der Waals surface area contributed by atoms with Crippen LogP contribution in [0.3, 0.4) is 0 Å². The molecule has 14 heteroatoms. The van der Waals surface area contributed by atoms with Gasteiger partial charge in [0.15, 0.2) is 11.5 Å². The molecule has 1 aromatic heterocycles. The Morgan fingerprint density at radius 2 is 1.64 bits per heavy atom. The summed E-state index contributed by atoms with van der Waals surface area (Å²) in [5.41, 5.74) is 7.05. The molecule has 0 spiro atoms. The molecule has 0 saturated carbocycles. The molecule has 3 aromatic carbocycles. The zero-order valence-corrected chi connectivity index (χ0v) is 34.8. The van der Waals surface area contributed by atoms with E-state index in [-0.39, 0.29) is 42.3 Å². The molecule has 1 unspecified atom stereocenters. The van der Waals surface area contributed by atoms with Crippen LogP contribution < -0.4 is 15.0 Å². The highest BCUT2D eigenvalue weighted by Crippen LogP contribution is 2.46. The van der Waals surface area contributed by atoms with Gasteiger partial charge in [0.2, 0.25) is 17.7 Å². The van der Waals surface area contributed by atoms with Gasteiger partial charge in [0.05, 0.1) is 29.9 Å². The highest BCUT2D eigenvalue weighted by atomic mass is 16.5. The number of nitrogens with zero attached hydrogens (tertiary/aromatic N) is 5. The fourth-order valence-corrected chi connectivity index (χ4v) is 10.1. The van der Waals surface area contributed by atoms with Crippen molar-refractivity contribution in [1.82, 2.24) is 25.0 Å². The van der Waals surface area contributed by atoms with Crippen molar-refractivity contribution in [3.05, 3.63) is 99.0 Å². The molecular formula is C47H49N7O7. The van der Waals surface area contributed by atoms with Gasteiger partial charge in [-0.05, 0) is 79.6 Å². The number of anilines is 1.